The second kappa shape index (κ2) is 6.21. The number of hydrogen-bond donors (Lipinski definition) is 1. The number of carbonyl (C=O) groups excluding carboxylic acids is 1. The molecule has 0 saturated carbocycles. The molecular weight excluding hydrogens is 384 g/mol. The third kappa shape index (κ3) is 4.07. The van der Waals surface area contributed by atoms with E-state index in [2.05, 4.69) is 5.32 Å². The Kier molecular flexibility index (Phi) is 4.60. The molecule has 1 heterocycles. The molecule has 0 aliphatic rings. The van der Waals surface area contributed by atoms with Crippen LogP contribution in [0.15, 0.2) is 40.8 Å². The molecule has 1 aromatic heterocycles. The molecule has 1 N–H and O–H groups in total. The van der Waals surface area contributed by atoms with Crippen LogP contribution in [0.25, 0.3) is 6.08 Å². The number of amides is 1. The fourth-order valence-electron chi connectivity index (χ4n) is 1.34. The first-order valence-electron chi connectivity index (χ1n) is 5.24. The second-order valence-electron chi connectivity index (χ2n) is 3.59. The van der Waals surface area contributed by atoms with Crippen LogP contribution in [0.2, 0.25) is 5.02 Å². The van der Waals surface area contributed by atoms with Gasteiger partial charge >= 0.3 is 0 Å². The van der Waals surface area contributed by atoms with Gasteiger partial charge in [0.1, 0.15) is 11.6 Å². The molecule has 2 aromatic rings. The summed E-state index contributed by atoms with van der Waals surface area (Å²) in [5.41, 5.74) is 0.0769. The Hall–Kier alpha value is -1.34. The van der Waals surface area contributed by atoms with Crippen molar-refractivity contribution < 1.29 is 13.6 Å². The van der Waals surface area contributed by atoms with E-state index in [9.17, 15) is 9.18 Å². The van der Waals surface area contributed by atoms with Crippen molar-refractivity contribution in [3.63, 3.8) is 0 Å². The van der Waals surface area contributed by atoms with Crippen LogP contribution in [0.5, 0.6) is 0 Å². The normalized spacial score (nSPS) is 10.9. The molecule has 0 bridgehead atoms. The van der Waals surface area contributed by atoms with Gasteiger partial charge in [0, 0.05) is 11.1 Å². The Morgan fingerprint density at radius 3 is 2.79 bits per heavy atom. The minimum atomic E-state index is -0.582. The standard InChI is InChI=1S/C13H8ClFINO2/c14-8-1-4-11(10(15)7-8)17-13(18)6-3-9-2-5-12(16)19-9/h1-7H,(H,17,18)/b6-3+. The van der Waals surface area contributed by atoms with Crippen LogP contribution >= 0.6 is 34.2 Å². The topological polar surface area (TPSA) is 42.2 Å². The number of rotatable bonds is 3. The lowest BCUT2D eigenvalue weighted by Crippen LogP contribution is -2.09. The molecule has 98 valence electrons. The second-order valence-corrected chi connectivity index (χ2v) is 5.09. The molecule has 3 nitrogen and oxygen atoms in total. The van der Waals surface area contributed by atoms with Crippen LogP contribution in [-0.2, 0) is 4.79 Å². The molecule has 0 radical (unpaired) electrons. The Morgan fingerprint density at radius 2 is 2.16 bits per heavy atom. The van der Waals surface area contributed by atoms with E-state index < -0.39 is 11.7 Å². The summed E-state index contributed by atoms with van der Waals surface area (Å²) in [5, 5.41) is 2.69. The van der Waals surface area contributed by atoms with Crippen molar-refractivity contribution in [2.24, 2.45) is 0 Å². The van der Waals surface area contributed by atoms with Crippen LogP contribution in [-0.4, -0.2) is 5.91 Å². The van der Waals surface area contributed by atoms with Crippen molar-refractivity contribution in [3.8, 4) is 0 Å². The predicted molar refractivity (Wildman–Crippen MR) is 80.5 cm³/mol. The number of nitrogens with one attached hydrogen (secondary N) is 1. The smallest absolute Gasteiger partial charge is 0.248 e. The molecule has 0 aliphatic heterocycles. The molecule has 0 atom stereocenters. The van der Waals surface area contributed by atoms with Gasteiger partial charge in [0.05, 0.1) is 5.69 Å². The highest BCUT2D eigenvalue weighted by atomic mass is 127. The molecule has 1 amide bonds. The lowest BCUT2D eigenvalue weighted by Gasteiger charge is -2.03. The summed E-state index contributed by atoms with van der Waals surface area (Å²) < 4.78 is 19.4. The van der Waals surface area contributed by atoms with E-state index in [0.29, 0.717) is 5.76 Å². The van der Waals surface area contributed by atoms with Gasteiger partial charge in [-0.05, 0) is 59.0 Å². The Labute approximate surface area is 127 Å². The van der Waals surface area contributed by atoms with Crippen LogP contribution in [0, 0.1) is 9.58 Å². The van der Waals surface area contributed by atoms with Crippen molar-refractivity contribution in [3.05, 3.63) is 56.8 Å². The zero-order valence-corrected chi connectivity index (χ0v) is 12.4. The SMILES string of the molecule is O=C(/C=C/c1ccc(I)o1)Nc1ccc(Cl)cc1F. The molecular formula is C13H8ClFINO2. The molecule has 6 heteroatoms. The number of furan rings is 1. The average molecular weight is 392 g/mol. The van der Waals surface area contributed by atoms with Gasteiger partial charge in [0.25, 0.3) is 0 Å². The van der Waals surface area contributed by atoms with Crippen molar-refractivity contribution in [1.29, 1.82) is 0 Å². The molecule has 1 aromatic carbocycles. The first-order valence-corrected chi connectivity index (χ1v) is 6.70. The van der Waals surface area contributed by atoms with E-state index in [0.717, 1.165) is 9.83 Å². The summed E-state index contributed by atoms with van der Waals surface area (Å²) >= 11 is 7.64. The summed E-state index contributed by atoms with van der Waals surface area (Å²) in [6.45, 7) is 0. The number of halogens is 3. The predicted octanol–water partition coefficient (Wildman–Crippen LogP) is 4.33. The highest BCUT2D eigenvalue weighted by molar-refractivity contribution is 14.1. The molecule has 0 spiro atoms. The van der Waals surface area contributed by atoms with Gasteiger partial charge in [0.2, 0.25) is 5.91 Å². The molecule has 2 rings (SSSR count). The Bertz CT molecular complexity index is 639. The third-order valence-electron chi connectivity index (χ3n) is 2.18. The van der Waals surface area contributed by atoms with Crippen LogP contribution < -0.4 is 5.32 Å². The quantitative estimate of drug-likeness (QED) is 0.625. The van der Waals surface area contributed by atoms with E-state index in [-0.39, 0.29) is 10.7 Å². The van der Waals surface area contributed by atoms with Gasteiger partial charge in [0.15, 0.2) is 3.77 Å². The summed E-state index contributed by atoms with van der Waals surface area (Å²) in [4.78, 5) is 11.6. The highest BCUT2D eigenvalue weighted by Gasteiger charge is 2.05. The summed E-state index contributed by atoms with van der Waals surface area (Å²) in [7, 11) is 0. The fourth-order valence-corrected chi connectivity index (χ4v) is 1.93. The van der Waals surface area contributed by atoms with Crippen molar-refractivity contribution in [2.75, 3.05) is 5.32 Å². The molecule has 19 heavy (non-hydrogen) atoms. The molecule has 0 fully saturated rings. The van der Waals surface area contributed by atoms with Gasteiger partial charge in [-0.3, -0.25) is 4.79 Å². The maximum atomic E-state index is 13.4. The van der Waals surface area contributed by atoms with Crippen molar-refractivity contribution >= 4 is 51.9 Å². The lowest BCUT2D eigenvalue weighted by molar-refractivity contribution is -0.111. The highest BCUT2D eigenvalue weighted by Crippen LogP contribution is 2.19. The van der Waals surface area contributed by atoms with E-state index in [1.54, 1.807) is 12.1 Å². The fraction of sp³-hybridized carbons (Fsp3) is 0. The number of anilines is 1. The molecule has 0 aliphatic carbocycles. The third-order valence-corrected chi connectivity index (χ3v) is 3.00. The van der Waals surface area contributed by atoms with Gasteiger partial charge < -0.3 is 9.73 Å². The van der Waals surface area contributed by atoms with E-state index in [1.807, 2.05) is 22.6 Å². The van der Waals surface area contributed by atoms with Gasteiger partial charge in [-0.25, -0.2) is 4.39 Å². The zero-order valence-electron chi connectivity index (χ0n) is 9.49. The maximum Gasteiger partial charge on any atom is 0.248 e. The van der Waals surface area contributed by atoms with Crippen molar-refractivity contribution in [1.82, 2.24) is 0 Å². The van der Waals surface area contributed by atoms with E-state index >= 15 is 0 Å². The lowest BCUT2D eigenvalue weighted by atomic mass is 10.3. The number of carbonyl (C=O) groups is 1. The van der Waals surface area contributed by atoms with Gasteiger partial charge in [-0.2, -0.15) is 0 Å². The zero-order chi connectivity index (χ0) is 13.8. The summed E-state index contributed by atoms with van der Waals surface area (Å²) in [6, 6.07) is 7.54. The Balaban J connectivity index is 2.03. The average Bonchev–Trinajstić information content (AvgIpc) is 2.76. The maximum absolute atomic E-state index is 13.4. The van der Waals surface area contributed by atoms with Crippen molar-refractivity contribution in [2.45, 2.75) is 0 Å². The number of benzene rings is 1. The summed E-state index contributed by atoms with van der Waals surface area (Å²) in [6.07, 6.45) is 2.77. The Morgan fingerprint density at radius 1 is 1.37 bits per heavy atom. The van der Waals surface area contributed by atoms with Crippen LogP contribution in [0.1, 0.15) is 5.76 Å². The van der Waals surface area contributed by atoms with E-state index in [4.69, 9.17) is 16.0 Å². The molecule has 0 saturated heterocycles. The summed E-state index contributed by atoms with van der Waals surface area (Å²) in [5.74, 6) is -0.481. The largest absolute Gasteiger partial charge is 0.451 e. The van der Waals surface area contributed by atoms with Crippen LogP contribution in [0.3, 0.4) is 0 Å². The first kappa shape index (κ1) is 14.1. The van der Waals surface area contributed by atoms with Crippen LogP contribution in [0.4, 0.5) is 10.1 Å². The minimum Gasteiger partial charge on any atom is -0.451 e. The first-order chi connectivity index (χ1) is 9.04. The number of hydrogen-bond acceptors (Lipinski definition) is 2. The minimum absolute atomic E-state index is 0.0769. The van der Waals surface area contributed by atoms with Gasteiger partial charge in [-0.15, -0.1) is 0 Å². The monoisotopic (exact) mass is 391 g/mol. The van der Waals surface area contributed by atoms with E-state index in [1.165, 1.54) is 24.3 Å². The van der Waals surface area contributed by atoms with Gasteiger partial charge in [-0.1, -0.05) is 11.6 Å². The molecule has 0 unspecified atom stereocenters.